The minimum absolute atomic E-state index is 0.00702. The van der Waals surface area contributed by atoms with E-state index < -0.39 is 17.8 Å². The molecule has 0 fully saturated rings. The SMILES string of the molecule is COc1ncc(F)cc1C(C)Nc1nn2cnccc2c1C(=O)O. The average molecular weight is 331 g/mol. The number of aromatic carboxylic acids is 1. The number of rotatable bonds is 5. The molecular weight excluding hydrogens is 317 g/mol. The molecule has 0 amide bonds. The number of hydrogen-bond donors (Lipinski definition) is 2. The Morgan fingerprint density at radius 1 is 1.50 bits per heavy atom. The molecule has 0 radical (unpaired) electrons. The zero-order valence-corrected chi connectivity index (χ0v) is 12.9. The van der Waals surface area contributed by atoms with Crippen LogP contribution in [0.3, 0.4) is 0 Å². The standard InChI is InChI=1S/C15H14FN5O3/c1-8(10-5-9(16)6-18-14(10)24-2)19-13-12(15(22)23)11-3-4-17-7-21(11)20-13/h3-8H,1-2H3,(H,19,20)(H,22,23). The van der Waals surface area contributed by atoms with Crippen LogP contribution in [0.5, 0.6) is 5.88 Å². The highest BCUT2D eigenvalue weighted by atomic mass is 19.1. The van der Waals surface area contributed by atoms with E-state index in [2.05, 4.69) is 20.4 Å². The van der Waals surface area contributed by atoms with Crippen molar-refractivity contribution in [3.05, 3.63) is 47.8 Å². The Bertz CT molecular complexity index is 911. The number of carboxylic acids is 1. The molecule has 3 rings (SSSR count). The van der Waals surface area contributed by atoms with Crippen LogP contribution in [0.4, 0.5) is 10.2 Å². The molecule has 0 aliphatic rings. The summed E-state index contributed by atoms with van der Waals surface area (Å²) in [6.45, 7) is 1.73. The predicted octanol–water partition coefficient (Wildman–Crippen LogP) is 2.14. The maximum absolute atomic E-state index is 13.5. The van der Waals surface area contributed by atoms with Crippen molar-refractivity contribution >= 4 is 17.3 Å². The number of ether oxygens (including phenoxy) is 1. The van der Waals surface area contributed by atoms with Gasteiger partial charge >= 0.3 is 5.97 Å². The number of fused-ring (bicyclic) bond motifs is 1. The van der Waals surface area contributed by atoms with Gasteiger partial charge in [0, 0.05) is 11.8 Å². The van der Waals surface area contributed by atoms with Gasteiger partial charge in [-0.1, -0.05) is 0 Å². The number of aromatic nitrogens is 4. The first-order valence-electron chi connectivity index (χ1n) is 7.03. The molecule has 0 saturated heterocycles. The van der Waals surface area contributed by atoms with Crippen LogP contribution in [0.15, 0.2) is 30.9 Å². The van der Waals surface area contributed by atoms with Crippen LogP contribution in [-0.2, 0) is 0 Å². The van der Waals surface area contributed by atoms with E-state index in [1.54, 1.807) is 13.0 Å². The quantitative estimate of drug-likeness (QED) is 0.738. The molecule has 8 nitrogen and oxygen atoms in total. The molecule has 1 atom stereocenters. The number of pyridine rings is 1. The molecule has 24 heavy (non-hydrogen) atoms. The number of halogens is 1. The number of hydrogen-bond acceptors (Lipinski definition) is 6. The third-order valence-electron chi connectivity index (χ3n) is 3.51. The van der Waals surface area contributed by atoms with Crippen molar-refractivity contribution in [2.45, 2.75) is 13.0 Å². The summed E-state index contributed by atoms with van der Waals surface area (Å²) in [4.78, 5) is 19.4. The summed E-state index contributed by atoms with van der Waals surface area (Å²) in [7, 11) is 1.43. The lowest BCUT2D eigenvalue weighted by Crippen LogP contribution is -2.12. The van der Waals surface area contributed by atoms with Crippen molar-refractivity contribution in [1.82, 2.24) is 19.6 Å². The molecule has 0 saturated carbocycles. The molecule has 0 bridgehead atoms. The zero-order chi connectivity index (χ0) is 17.3. The van der Waals surface area contributed by atoms with E-state index in [1.165, 1.54) is 30.2 Å². The molecule has 0 aliphatic heterocycles. The fourth-order valence-corrected chi connectivity index (χ4v) is 2.43. The Morgan fingerprint density at radius 2 is 2.29 bits per heavy atom. The van der Waals surface area contributed by atoms with E-state index in [4.69, 9.17) is 4.74 Å². The molecule has 124 valence electrons. The zero-order valence-electron chi connectivity index (χ0n) is 12.9. The molecule has 0 spiro atoms. The number of nitrogens with one attached hydrogen (secondary N) is 1. The third kappa shape index (κ3) is 2.71. The maximum atomic E-state index is 13.5. The smallest absolute Gasteiger partial charge is 0.341 e. The summed E-state index contributed by atoms with van der Waals surface area (Å²) in [5.41, 5.74) is 0.855. The summed E-state index contributed by atoms with van der Waals surface area (Å²) in [6.07, 6.45) is 3.94. The lowest BCUT2D eigenvalue weighted by Gasteiger charge is -2.16. The highest BCUT2D eigenvalue weighted by Crippen LogP contribution is 2.28. The van der Waals surface area contributed by atoms with E-state index in [9.17, 15) is 14.3 Å². The van der Waals surface area contributed by atoms with Crippen molar-refractivity contribution in [3.63, 3.8) is 0 Å². The minimum atomic E-state index is -1.13. The second kappa shape index (κ2) is 6.11. The highest BCUT2D eigenvalue weighted by Gasteiger charge is 2.22. The van der Waals surface area contributed by atoms with E-state index in [0.29, 0.717) is 11.1 Å². The number of methoxy groups -OCH3 is 1. The minimum Gasteiger partial charge on any atom is -0.481 e. The normalized spacial score (nSPS) is 12.1. The number of carboxylic acid groups (broad SMARTS) is 1. The van der Waals surface area contributed by atoms with Gasteiger partial charge < -0.3 is 15.2 Å². The van der Waals surface area contributed by atoms with Gasteiger partial charge in [-0.3, -0.25) is 0 Å². The van der Waals surface area contributed by atoms with Crippen LogP contribution >= 0.6 is 0 Å². The number of anilines is 1. The molecule has 1 unspecified atom stereocenters. The van der Waals surface area contributed by atoms with Crippen molar-refractivity contribution < 1.29 is 19.0 Å². The molecule has 9 heteroatoms. The fraction of sp³-hybridized carbons (Fsp3) is 0.200. The van der Waals surface area contributed by atoms with Gasteiger partial charge in [-0.05, 0) is 19.1 Å². The second-order valence-electron chi connectivity index (χ2n) is 5.06. The summed E-state index contributed by atoms with van der Waals surface area (Å²) >= 11 is 0. The summed E-state index contributed by atoms with van der Waals surface area (Å²) in [6, 6.07) is 2.34. The topological polar surface area (TPSA) is 102 Å². The van der Waals surface area contributed by atoms with Crippen molar-refractivity contribution in [2.24, 2.45) is 0 Å². The average Bonchev–Trinajstić information content (AvgIpc) is 2.92. The molecular formula is C15H14FN5O3. The molecule has 0 aromatic carbocycles. The Morgan fingerprint density at radius 3 is 3.00 bits per heavy atom. The van der Waals surface area contributed by atoms with E-state index >= 15 is 0 Å². The Kier molecular flexibility index (Phi) is 3.98. The molecule has 0 aliphatic carbocycles. The number of nitrogens with zero attached hydrogens (tertiary/aromatic N) is 4. The first-order chi connectivity index (χ1) is 11.5. The summed E-state index contributed by atoms with van der Waals surface area (Å²) in [5, 5.41) is 16.6. The lowest BCUT2D eigenvalue weighted by atomic mass is 10.1. The maximum Gasteiger partial charge on any atom is 0.341 e. The highest BCUT2D eigenvalue weighted by molar-refractivity contribution is 6.01. The van der Waals surface area contributed by atoms with Crippen molar-refractivity contribution in [2.75, 3.05) is 12.4 Å². The second-order valence-corrected chi connectivity index (χ2v) is 5.06. The van der Waals surface area contributed by atoms with Gasteiger partial charge in [0.05, 0.1) is 24.9 Å². The largest absolute Gasteiger partial charge is 0.481 e. The first kappa shape index (κ1) is 15.7. The van der Waals surface area contributed by atoms with E-state index in [1.807, 2.05) is 0 Å². The van der Waals surface area contributed by atoms with Gasteiger partial charge in [-0.25, -0.2) is 23.7 Å². The van der Waals surface area contributed by atoms with Gasteiger partial charge in [-0.15, -0.1) is 5.10 Å². The Labute approximate surface area is 135 Å². The predicted molar refractivity (Wildman–Crippen MR) is 82.7 cm³/mol. The third-order valence-corrected chi connectivity index (χ3v) is 3.51. The van der Waals surface area contributed by atoms with E-state index in [-0.39, 0.29) is 17.3 Å². The van der Waals surface area contributed by atoms with Gasteiger partial charge in [0.1, 0.15) is 17.7 Å². The van der Waals surface area contributed by atoms with Crippen LogP contribution in [0.2, 0.25) is 0 Å². The molecule has 3 aromatic rings. The van der Waals surface area contributed by atoms with Gasteiger partial charge in [-0.2, -0.15) is 0 Å². The van der Waals surface area contributed by atoms with Crippen LogP contribution in [-0.4, -0.2) is 37.8 Å². The van der Waals surface area contributed by atoms with Gasteiger partial charge in [0.2, 0.25) is 5.88 Å². The van der Waals surface area contributed by atoms with Crippen LogP contribution < -0.4 is 10.1 Å². The molecule has 2 N–H and O–H groups in total. The van der Waals surface area contributed by atoms with Crippen molar-refractivity contribution in [3.8, 4) is 5.88 Å². The lowest BCUT2D eigenvalue weighted by molar-refractivity contribution is 0.0700. The van der Waals surface area contributed by atoms with Crippen molar-refractivity contribution in [1.29, 1.82) is 0 Å². The van der Waals surface area contributed by atoms with Crippen LogP contribution in [0.1, 0.15) is 28.9 Å². The summed E-state index contributed by atoms with van der Waals surface area (Å²) < 4.78 is 20.0. The van der Waals surface area contributed by atoms with Gasteiger partial charge in [0.25, 0.3) is 0 Å². The first-order valence-corrected chi connectivity index (χ1v) is 7.03. The monoisotopic (exact) mass is 331 g/mol. The fourth-order valence-electron chi connectivity index (χ4n) is 2.43. The summed E-state index contributed by atoms with van der Waals surface area (Å²) in [5.74, 6) is -1.25. The van der Waals surface area contributed by atoms with Crippen LogP contribution in [0, 0.1) is 5.82 Å². The molecule has 3 heterocycles. The Hall–Kier alpha value is -3.23. The Balaban J connectivity index is 2.02. The molecule has 3 aromatic heterocycles. The van der Waals surface area contributed by atoms with Crippen LogP contribution in [0.25, 0.3) is 5.52 Å². The van der Waals surface area contributed by atoms with E-state index in [0.717, 1.165) is 6.20 Å². The van der Waals surface area contributed by atoms with Gasteiger partial charge in [0.15, 0.2) is 5.82 Å². The number of carbonyl (C=O) groups is 1.